The van der Waals surface area contributed by atoms with Gasteiger partial charge in [-0.3, -0.25) is 4.79 Å². The maximum atomic E-state index is 12.3. The van der Waals surface area contributed by atoms with E-state index in [9.17, 15) is 4.79 Å². The van der Waals surface area contributed by atoms with Gasteiger partial charge in [-0.05, 0) is 29.9 Å². The summed E-state index contributed by atoms with van der Waals surface area (Å²) in [5, 5.41) is 0. The van der Waals surface area contributed by atoms with Gasteiger partial charge in [-0.25, -0.2) is 0 Å². The summed E-state index contributed by atoms with van der Waals surface area (Å²) in [5.74, 6) is 1.26. The summed E-state index contributed by atoms with van der Waals surface area (Å²) >= 11 is 0. The lowest BCUT2D eigenvalue weighted by atomic mass is 10.0. The molecule has 0 aromatic heterocycles. The zero-order chi connectivity index (χ0) is 15.6. The predicted molar refractivity (Wildman–Crippen MR) is 91.3 cm³/mol. The van der Waals surface area contributed by atoms with Gasteiger partial charge in [-0.15, -0.1) is 0 Å². The summed E-state index contributed by atoms with van der Waals surface area (Å²) in [5.41, 5.74) is 3.02. The topological polar surface area (TPSA) is 26.3 Å². The van der Waals surface area contributed by atoms with Gasteiger partial charge in [0.15, 0.2) is 5.78 Å². The Balaban J connectivity index is 1.38. The summed E-state index contributed by atoms with van der Waals surface area (Å²) in [4.78, 5) is 12.3. The van der Waals surface area contributed by atoms with Gasteiger partial charge in [0.2, 0.25) is 0 Å². The fraction of sp³-hybridized carbons (Fsp3) is 0.286. The maximum absolute atomic E-state index is 12.3. The van der Waals surface area contributed by atoms with Gasteiger partial charge >= 0.3 is 0 Å². The van der Waals surface area contributed by atoms with Crippen LogP contribution in [0.5, 0.6) is 0 Å². The standard InChI is InChI=1S/C21H20O2/c22-20(14-23-21-13-15-6-7-19(21)12-15)18-10-8-17(9-11-18)16-4-2-1-3-5-16/h1-11,15,19,21H,12-14H2. The lowest BCUT2D eigenvalue weighted by Crippen LogP contribution is -2.22. The number of benzene rings is 2. The minimum atomic E-state index is 0.0661. The van der Waals surface area contributed by atoms with Crippen LogP contribution < -0.4 is 0 Å². The third kappa shape index (κ3) is 2.99. The van der Waals surface area contributed by atoms with Crippen LogP contribution in [-0.2, 0) is 4.74 Å². The number of hydrogen-bond acceptors (Lipinski definition) is 2. The average Bonchev–Trinajstić information content (AvgIpc) is 3.24. The van der Waals surface area contributed by atoms with Crippen LogP contribution in [0.3, 0.4) is 0 Å². The molecule has 116 valence electrons. The predicted octanol–water partition coefficient (Wildman–Crippen LogP) is 4.52. The Bertz CT molecular complexity index is 715. The highest BCUT2D eigenvalue weighted by Crippen LogP contribution is 2.40. The summed E-state index contributed by atoms with van der Waals surface area (Å²) in [7, 11) is 0. The molecular formula is C21H20O2. The SMILES string of the molecule is O=C(COC1CC2C=CC1C2)c1ccc(-c2ccccc2)cc1. The van der Waals surface area contributed by atoms with Crippen molar-refractivity contribution in [3.63, 3.8) is 0 Å². The largest absolute Gasteiger partial charge is 0.369 e. The number of hydrogen-bond donors (Lipinski definition) is 0. The monoisotopic (exact) mass is 304 g/mol. The first-order valence-corrected chi connectivity index (χ1v) is 8.28. The molecule has 0 aliphatic heterocycles. The molecule has 2 aliphatic rings. The molecule has 1 fully saturated rings. The van der Waals surface area contributed by atoms with Crippen LogP contribution in [0, 0.1) is 11.8 Å². The van der Waals surface area contributed by atoms with Gasteiger partial charge in [-0.2, -0.15) is 0 Å². The van der Waals surface area contributed by atoms with E-state index < -0.39 is 0 Å². The van der Waals surface area contributed by atoms with Crippen molar-refractivity contribution in [2.24, 2.45) is 11.8 Å². The molecule has 2 heteroatoms. The minimum Gasteiger partial charge on any atom is -0.369 e. The van der Waals surface area contributed by atoms with E-state index in [0.717, 1.165) is 23.1 Å². The van der Waals surface area contributed by atoms with Crippen molar-refractivity contribution in [2.75, 3.05) is 6.61 Å². The number of rotatable bonds is 5. The lowest BCUT2D eigenvalue weighted by Gasteiger charge is -2.18. The van der Waals surface area contributed by atoms with Crippen molar-refractivity contribution >= 4 is 5.78 Å². The molecule has 2 bridgehead atoms. The van der Waals surface area contributed by atoms with E-state index in [2.05, 4.69) is 24.3 Å². The van der Waals surface area contributed by atoms with E-state index in [-0.39, 0.29) is 18.5 Å². The van der Waals surface area contributed by atoms with Crippen LogP contribution in [0.1, 0.15) is 23.2 Å². The van der Waals surface area contributed by atoms with Gasteiger partial charge < -0.3 is 4.74 Å². The van der Waals surface area contributed by atoms with Crippen molar-refractivity contribution in [3.05, 3.63) is 72.3 Å². The molecule has 2 aliphatic carbocycles. The highest BCUT2D eigenvalue weighted by Gasteiger charge is 2.36. The first kappa shape index (κ1) is 14.4. The molecule has 0 heterocycles. The fourth-order valence-electron chi connectivity index (χ4n) is 3.67. The first-order valence-electron chi connectivity index (χ1n) is 8.28. The van der Waals surface area contributed by atoms with E-state index in [0.29, 0.717) is 11.8 Å². The van der Waals surface area contributed by atoms with Crippen molar-refractivity contribution in [1.82, 2.24) is 0 Å². The van der Waals surface area contributed by atoms with Gasteiger partial charge in [0.1, 0.15) is 6.61 Å². The Labute approximate surface area is 136 Å². The minimum absolute atomic E-state index is 0.0661. The molecule has 4 rings (SSSR count). The van der Waals surface area contributed by atoms with Crippen molar-refractivity contribution in [1.29, 1.82) is 0 Å². The molecule has 0 amide bonds. The molecule has 0 saturated heterocycles. The molecule has 0 spiro atoms. The number of ether oxygens (including phenoxy) is 1. The second kappa shape index (κ2) is 6.13. The van der Waals surface area contributed by atoms with Gasteiger partial charge in [0.05, 0.1) is 6.10 Å². The van der Waals surface area contributed by atoms with Crippen molar-refractivity contribution in [3.8, 4) is 11.1 Å². The van der Waals surface area contributed by atoms with Gasteiger partial charge in [0.25, 0.3) is 0 Å². The van der Waals surface area contributed by atoms with Crippen LogP contribution in [0.15, 0.2) is 66.7 Å². The lowest BCUT2D eigenvalue weighted by molar-refractivity contribution is 0.0344. The van der Waals surface area contributed by atoms with E-state index >= 15 is 0 Å². The van der Waals surface area contributed by atoms with Crippen LogP contribution >= 0.6 is 0 Å². The molecule has 2 aromatic rings. The van der Waals surface area contributed by atoms with E-state index in [1.807, 2.05) is 42.5 Å². The van der Waals surface area contributed by atoms with Crippen LogP contribution in [-0.4, -0.2) is 18.5 Å². The van der Waals surface area contributed by atoms with Crippen LogP contribution in [0.2, 0.25) is 0 Å². The quantitative estimate of drug-likeness (QED) is 0.600. The summed E-state index contributed by atoms with van der Waals surface area (Å²) in [6, 6.07) is 18.0. The normalized spacial score (nSPS) is 25.0. The number of carbonyl (C=O) groups is 1. The average molecular weight is 304 g/mol. The second-order valence-corrected chi connectivity index (χ2v) is 6.50. The number of ketones is 1. The van der Waals surface area contributed by atoms with Crippen molar-refractivity contribution in [2.45, 2.75) is 18.9 Å². The molecule has 0 radical (unpaired) electrons. The van der Waals surface area contributed by atoms with Crippen LogP contribution in [0.4, 0.5) is 0 Å². The zero-order valence-electron chi connectivity index (χ0n) is 13.0. The van der Waals surface area contributed by atoms with E-state index in [1.165, 1.54) is 6.42 Å². The Hall–Kier alpha value is -2.19. The molecule has 1 saturated carbocycles. The Kier molecular flexibility index (Phi) is 3.84. The second-order valence-electron chi connectivity index (χ2n) is 6.50. The molecule has 23 heavy (non-hydrogen) atoms. The molecule has 0 N–H and O–H groups in total. The number of allylic oxidation sites excluding steroid dienone is 1. The third-order valence-corrected chi connectivity index (χ3v) is 4.96. The smallest absolute Gasteiger partial charge is 0.188 e. The Morgan fingerprint density at radius 1 is 0.913 bits per heavy atom. The van der Waals surface area contributed by atoms with Gasteiger partial charge in [-0.1, -0.05) is 66.7 Å². The third-order valence-electron chi connectivity index (χ3n) is 4.96. The molecule has 3 atom stereocenters. The number of Topliss-reactive ketones (excluding diaryl/α,β-unsaturated/α-hetero) is 1. The van der Waals surface area contributed by atoms with Crippen molar-refractivity contribution < 1.29 is 9.53 Å². The highest BCUT2D eigenvalue weighted by atomic mass is 16.5. The number of fused-ring (bicyclic) bond motifs is 2. The van der Waals surface area contributed by atoms with E-state index in [1.54, 1.807) is 0 Å². The molecule has 2 aromatic carbocycles. The summed E-state index contributed by atoms with van der Waals surface area (Å²) < 4.78 is 5.87. The first-order chi connectivity index (χ1) is 11.3. The molecule has 2 nitrogen and oxygen atoms in total. The van der Waals surface area contributed by atoms with Gasteiger partial charge in [0, 0.05) is 11.5 Å². The zero-order valence-corrected chi connectivity index (χ0v) is 13.0. The Morgan fingerprint density at radius 3 is 2.30 bits per heavy atom. The summed E-state index contributed by atoms with van der Waals surface area (Å²) in [6.45, 7) is 0.187. The molecule has 3 unspecified atom stereocenters. The maximum Gasteiger partial charge on any atom is 0.188 e. The fourth-order valence-corrected chi connectivity index (χ4v) is 3.67. The number of carbonyl (C=O) groups excluding carboxylic acids is 1. The Morgan fingerprint density at radius 2 is 1.65 bits per heavy atom. The molecular weight excluding hydrogens is 284 g/mol. The highest BCUT2D eigenvalue weighted by molar-refractivity contribution is 5.97. The van der Waals surface area contributed by atoms with E-state index in [4.69, 9.17) is 4.74 Å². The summed E-state index contributed by atoms with van der Waals surface area (Å²) in [6.07, 6.45) is 7.04. The van der Waals surface area contributed by atoms with Crippen LogP contribution in [0.25, 0.3) is 11.1 Å².